The number of rotatable bonds is 7. The average Bonchev–Trinajstić information content (AvgIpc) is 3.08. The molecule has 1 fully saturated rings. The predicted molar refractivity (Wildman–Crippen MR) is 133 cm³/mol. The monoisotopic (exact) mass is 483 g/mol. The molecule has 1 atom stereocenters. The summed E-state index contributed by atoms with van der Waals surface area (Å²) in [5.74, 6) is 1.07. The molecule has 2 aliphatic rings. The molecule has 0 aliphatic carbocycles. The first kappa shape index (κ1) is 25.0. The number of anilines is 1. The molecule has 0 spiro atoms. The maximum Gasteiger partial charge on any atom is 0.234 e. The molecule has 188 valence electrons. The number of nitrogens with zero attached hydrogens (tertiary/aromatic N) is 2. The van der Waals surface area contributed by atoms with Gasteiger partial charge in [0.05, 0.1) is 31.5 Å². The minimum atomic E-state index is -0.390. The van der Waals surface area contributed by atoms with Gasteiger partial charge in [-0.3, -0.25) is 14.5 Å². The van der Waals surface area contributed by atoms with Crippen LogP contribution in [0.3, 0.4) is 0 Å². The molecular weight excluding hydrogens is 449 g/mol. The molecule has 2 aromatic rings. The molecule has 1 unspecified atom stereocenters. The Hall–Kier alpha value is -3.13. The lowest BCUT2D eigenvalue weighted by molar-refractivity contribution is -0.123. The summed E-state index contributed by atoms with van der Waals surface area (Å²) in [4.78, 5) is 28.5. The number of halogens is 1. The fraction of sp³-hybridized carbons (Fsp3) is 0.481. The van der Waals surface area contributed by atoms with E-state index in [9.17, 15) is 14.0 Å². The highest BCUT2D eigenvalue weighted by molar-refractivity contribution is 5.94. The summed E-state index contributed by atoms with van der Waals surface area (Å²) >= 11 is 0. The first-order valence-electron chi connectivity index (χ1n) is 12.3. The fourth-order valence-electron chi connectivity index (χ4n) is 4.56. The molecular formula is C27H34FN3O4. The van der Waals surface area contributed by atoms with Crippen LogP contribution in [0.2, 0.25) is 0 Å². The summed E-state index contributed by atoms with van der Waals surface area (Å²) < 4.78 is 26.1. The standard InChI is InChI=1S/C27H34FN3O4/c1-18(2)27(21-6-8-24-25(16-21)35-14-4-13-34-24)29-26(33)17-30-9-11-31(12-10-30)23-7-5-20(19(3)32)15-22(23)28/h5-8,15-16,18,27H,4,9-14,17H2,1-3H3,(H,29,33). The quantitative estimate of drug-likeness (QED) is 0.604. The highest BCUT2D eigenvalue weighted by Crippen LogP contribution is 2.34. The molecule has 35 heavy (non-hydrogen) atoms. The van der Waals surface area contributed by atoms with Crippen LogP contribution in [0.5, 0.6) is 11.5 Å². The van der Waals surface area contributed by atoms with Crippen LogP contribution in [-0.4, -0.2) is 62.5 Å². The largest absolute Gasteiger partial charge is 0.490 e. The van der Waals surface area contributed by atoms with E-state index in [0.717, 1.165) is 23.5 Å². The van der Waals surface area contributed by atoms with Crippen LogP contribution in [0.25, 0.3) is 0 Å². The summed E-state index contributed by atoms with van der Waals surface area (Å²) in [6, 6.07) is 10.3. The zero-order valence-corrected chi connectivity index (χ0v) is 20.7. The van der Waals surface area contributed by atoms with Gasteiger partial charge in [-0.25, -0.2) is 4.39 Å². The number of benzene rings is 2. The third-order valence-electron chi connectivity index (χ3n) is 6.55. The fourth-order valence-corrected chi connectivity index (χ4v) is 4.56. The van der Waals surface area contributed by atoms with Gasteiger partial charge < -0.3 is 19.7 Å². The Morgan fingerprint density at radius 3 is 2.37 bits per heavy atom. The van der Waals surface area contributed by atoms with Gasteiger partial charge in [0.2, 0.25) is 5.91 Å². The summed E-state index contributed by atoms with van der Waals surface area (Å²) in [7, 11) is 0. The Morgan fingerprint density at radius 2 is 1.71 bits per heavy atom. The van der Waals surface area contributed by atoms with Gasteiger partial charge in [0.1, 0.15) is 5.82 Å². The number of ether oxygens (including phenoxy) is 2. The van der Waals surface area contributed by atoms with Crippen molar-refractivity contribution in [2.75, 3.05) is 50.8 Å². The Balaban J connectivity index is 1.33. The number of ketones is 1. The van der Waals surface area contributed by atoms with Gasteiger partial charge in [-0.05, 0) is 48.7 Å². The second kappa shape index (κ2) is 11.1. The van der Waals surface area contributed by atoms with Gasteiger partial charge in [-0.2, -0.15) is 0 Å². The number of carbonyl (C=O) groups excluding carboxylic acids is 2. The number of nitrogens with one attached hydrogen (secondary N) is 1. The molecule has 4 rings (SSSR count). The number of hydrogen-bond donors (Lipinski definition) is 1. The van der Waals surface area contributed by atoms with Gasteiger partial charge in [-0.15, -0.1) is 0 Å². The van der Waals surface area contributed by atoms with E-state index in [1.54, 1.807) is 12.1 Å². The molecule has 0 bridgehead atoms. The van der Waals surface area contributed by atoms with Crippen molar-refractivity contribution in [1.82, 2.24) is 10.2 Å². The smallest absolute Gasteiger partial charge is 0.234 e. The number of fused-ring (bicyclic) bond motifs is 1. The molecule has 0 radical (unpaired) electrons. The molecule has 1 saturated heterocycles. The second-order valence-electron chi connectivity index (χ2n) is 9.53. The molecule has 1 N–H and O–H groups in total. The van der Waals surface area contributed by atoms with Crippen molar-refractivity contribution in [3.63, 3.8) is 0 Å². The van der Waals surface area contributed by atoms with E-state index in [-0.39, 0.29) is 36.0 Å². The van der Waals surface area contributed by atoms with E-state index >= 15 is 0 Å². The van der Waals surface area contributed by atoms with Crippen LogP contribution in [0.4, 0.5) is 10.1 Å². The van der Waals surface area contributed by atoms with Crippen LogP contribution in [0.1, 0.15) is 49.2 Å². The van der Waals surface area contributed by atoms with E-state index in [1.165, 1.54) is 13.0 Å². The molecule has 0 aromatic heterocycles. The molecule has 1 amide bonds. The number of Topliss-reactive ketones (excluding diaryl/α,β-unsaturated/α-hetero) is 1. The van der Waals surface area contributed by atoms with E-state index in [0.29, 0.717) is 50.6 Å². The second-order valence-corrected chi connectivity index (χ2v) is 9.53. The van der Waals surface area contributed by atoms with Crippen molar-refractivity contribution in [2.24, 2.45) is 5.92 Å². The summed E-state index contributed by atoms with van der Waals surface area (Å²) in [6.07, 6.45) is 0.845. The van der Waals surface area contributed by atoms with Crippen molar-refractivity contribution in [3.05, 3.63) is 53.3 Å². The Kier molecular flexibility index (Phi) is 7.90. The normalized spacial score (nSPS) is 17.1. The van der Waals surface area contributed by atoms with Gasteiger partial charge in [0, 0.05) is 38.2 Å². The predicted octanol–water partition coefficient (Wildman–Crippen LogP) is 3.83. The third kappa shape index (κ3) is 6.11. The van der Waals surface area contributed by atoms with Crippen LogP contribution in [-0.2, 0) is 4.79 Å². The highest BCUT2D eigenvalue weighted by Gasteiger charge is 2.25. The molecule has 0 saturated carbocycles. The van der Waals surface area contributed by atoms with E-state index < -0.39 is 0 Å². The van der Waals surface area contributed by atoms with Crippen molar-refractivity contribution in [3.8, 4) is 11.5 Å². The first-order chi connectivity index (χ1) is 16.8. The highest BCUT2D eigenvalue weighted by atomic mass is 19.1. The van der Waals surface area contributed by atoms with Gasteiger partial charge in [0.15, 0.2) is 17.3 Å². The number of amides is 1. The minimum absolute atomic E-state index is 0.0405. The van der Waals surface area contributed by atoms with Crippen LogP contribution in [0, 0.1) is 11.7 Å². The minimum Gasteiger partial charge on any atom is -0.490 e. The van der Waals surface area contributed by atoms with Crippen molar-refractivity contribution in [2.45, 2.75) is 33.2 Å². The van der Waals surface area contributed by atoms with Crippen molar-refractivity contribution in [1.29, 1.82) is 0 Å². The van der Waals surface area contributed by atoms with Gasteiger partial charge in [0.25, 0.3) is 0 Å². The van der Waals surface area contributed by atoms with E-state index in [2.05, 4.69) is 24.1 Å². The molecule has 2 aromatic carbocycles. The molecule has 2 heterocycles. The van der Waals surface area contributed by atoms with Crippen LogP contribution >= 0.6 is 0 Å². The molecule has 7 nitrogen and oxygen atoms in total. The maximum atomic E-state index is 14.5. The van der Waals surface area contributed by atoms with Crippen molar-refractivity contribution >= 4 is 17.4 Å². The van der Waals surface area contributed by atoms with Gasteiger partial charge >= 0.3 is 0 Å². The number of hydrogen-bond acceptors (Lipinski definition) is 6. The summed E-state index contributed by atoms with van der Waals surface area (Å²) in [6.45, 7) is 9.66. The van der Waals surface area contributed by atoms with Crippen LogP contribution < -0.4 is 19.7 Å². The zero-order chi connectivity index (χ0) is 24.9. The molecule has 8 heteroatoms. The Morgan fingerprint density at radius 1 is 1.00 bits per heavy atom. The van der Waals surface area contributed by atoms with E-state index in [1.807, 2.05) is 23.1 Å². The molecule has 2 aliphatic heterocycles. The maximum absolute atomic E-state index is 14.5. The number of carbonyl (C=O) groups is 2. The lowest BCUT2D eigenvalue weighted by Crippen LogP contribution is -2.50. The lowest BCUT2D eigenvalue weighted by Gasteiger charge is -2.36. The number of piperazine rings is 1. The Bertz CT molecular complexity index is 1070. The Labute approximate surface area is 206 Å². The lowest BCUT2D eigenvalue weighted by atomic mass is 9.95. The summed E-state index contributed by atoms with van der Waals surface area (Å²) in [5, 5.41) is 3.19. The first-order valence-corrected chi connectivity index (χ1v) is 12.3. The summed E-state index contributed by atoms with van der Waals surface area (Å²) in [5.41, 5.74) is 1.86. The third-order valence-corrected chi connectivity index (χ3v) is 6.55. The zero-order valence-electron chi connectivity index (χ0n) is 20.7. The van der Waals surface area contributed by atoms with Crippen LogP contribution in [0.15, 0.2) is 36.4 Å². The van der Waals surface area contributed by atoms with Gasteiger partial charge in [-0.1, -0.05) is 19.9 Å². The topological polar surface area (TPSA) is 71.1 Å². The van der Waals surface area contributed by atoms with Crippen molar-refractivity contribution < 1.29 is 23.5 Å². The van der Waals surface area contributed by atoms with E-state index in [4.69, 9.17) is 9.47 Å². The average molecular weight is 484 g/mol. The SMILES string of the molecule is CC(=O)c1ccc(N2CCN(CC(=O)NC(c3ccc4c(c3)OCCCO4)C(C)C)CC2)c(F)c1.